The van der Waals surface area contributed by atoms with Gasteiger partial charge in [0, 0.05) is 28.8 Å². The molecule has 2 bridgehead atoms. The molecule has 1 saturated carbocycles. The van der Waals surface area contributed by atoms with Crippen molar-refractivity contribution < 1.29 is 54.1 Å². The number of aliphatic hydroxyl groups excluding tert-OH is 3. The van der Waals surface area contributed by atoms with Gasteiger partial charge in [-0.1, -0.05) is 12.2 Å². The number of carboxylic acids is 1. The molecule has 1 saturated heterocycles. The van der Waals surface area contributed by atoms with E-state index >= 15 is 0 Å². The molecular formula is C27H33NO11. The molecule has 212 valence electrons. The smallest absolute Gasteiger partial charge is 0.333 e. The summed E-state index contributed by atoms with van der Waals surface area (Å²) in [6.45, 7) is 2.27. The number of hydrogen-bond donors (Lipinski definition) is 6. The lowest BCUT2D eigenvalue weighted by Crippen LogP contribution is -2.82. The van der Waals surface area contributed by atoms with Crippen molar-refractivity contribution in [3.8, 4) is 0 Å². The minimum atomic E-state index is -2.23. The van der Waals surface area contributed by atoms with Gasteiger partial charge in [-0.2, -0.15) is 0 Å². The first-order valence-electron chi connectivity index (χ1n) is 12.8. The number of nitrogens with one attached hydrogen (secondary N) is 1. The number of aromatic amines is 1. The maximum absolute atomic E-state index is 12.4. The summed E-state index contributed by atoms with van der Waals surface area (Å²) in [4.78, 5) is 27.1. The molecule has 12 heteroatoms. The Morgan fingerprint density at radius 1 is 1.33 bits per heavy atom. The number of rotatable bonds is 8. The summed E-state index contributed by atoms with van der Waals surface area (Å²) in [6.07, 6.45) is 2.00. The Morgan fingerprint density at radius 2 is 2.10 bits per heavy atom. The lowest BCUT2D eigenvalue weighted by atomic mass is 9.61. The number of methoxy groups -OCH3 is 1. The van der Waals surface area contributed by atoms with Gasteiger partial charge in [0.15, 0.2) is 11.2 Å². The van der Waals surface area contributed by atoms with E-state index in [2.05, 4.69) is 11.6 Å². The summed E-state index contributed by atoms with van der Waals surface area (Å²) in [7, 11) is 1.19. The van der Waals surface area contributed by atoms with Crippen LogP contribution in [0.1, 0.15) is 25.7 Å². The molecule has 12 nitrogen and oxygen atoms in total. The molecule has 2 aliphatic carbocycles. The SMILES string of the molecule is C=CC1C(OC2(CO)OC(CO)C34OC=c5[nH]ccc5=C3CCC2(O)C4O)CC=C(C(=O)OC)C1CC(=O)O. The first-order chi connectivity index (χ1) is 18.6. The Morgan fingerprint density at radius 3 is 2.74 bits per heavy atom. The zero-order valence-electron chi connectivity index (χ0n) is 21.4. The van der Waals surface area contributed by atoms with Crippen LogP contribution < -0.4 is 10.6 Å². The second kappa shape index (κ2) is 9.88. The minimum Gasteiger partial charge on any atom is -0.483 e. The van der Waals surface area contributed by atoms with Crippen LogP contribution in [0.3, 0.4) is 0 Å². The molecule has 39 heavy (non-hydrogen) atoms. The second-order valence-electron chi connectivity index (χ2n) is 10.4. The highest BCUT2D eigenvalue weighted by molar-refractivity contribution is 5.90. The highest BCUT2D eigenvalue weighted by Crippen LogP contribution is 2.56. The third-order valence-electron chi connectivity index (χ3n) is 8.70. The molecule has 4 aliphatic rings. The van der Waals surface area contributed by atoms with E-state index in [1.165, 1.54) is 25.5 Å². The van der Waals surface area contributed by atoms with Crippen LogP contribution in [0.25, 0.3) is 11.8 Å². The second-order valence-corrected chi connectivity index (χ2v) is 10.4. The molecule has 3 heterocycles. The summed E-state index contributed by atoms with van der Waals surface area (Å²) >= 11 is 0. The maximum Gasteiger partial charge on any atom is 0.333 e. The third-order valence-corrected chi connectivity index (χ3v) is 8.70. The summed E-state index contributed by atoms with van der Waals surface area (Å²) in [5.74, 6) is -5.70. The van der Waals surface area contributed by atoms with Crippen LogP contribution in [0.2, 0.25) is 0 Å². The van der Waals surface area contributed by atoms with E-state index in [4.69, 9.17) is 18.9 Å². The van der Waals surface area contributed by atoms with E-state index in [0.29, 0.717) is 10.9 Å². The number of fused-ring (bicyclic) bond motifs is 2. The predicted molar refractivity (Wildman–Crippen MR) is 133 cm³/mol. The van der Waals surface area contributed by atoms with E-state index in [-0.39, 0.29) is 24.8 Å². The van der Waals surface area contributed by atoms with Crippen LogP contribution in [0.4, 0.5) is 0 Å². The molecule has 1 aromatic rings. The number of H-pyrrole nitrogens is 1. The Kier molecular flexibility index (Phi) is 6.98. The van der Waals surface area contributed by atoms with Crippen LogP contribution >= 0.6 is 0 Å². The number of carbonyl (C=O) groups excluding carboxylic acids is 1. The third kappa shape index (κ3) is 3.81. The molecular weight excluding hydrogens is 514 g/mol. The quantitative estimate of drug-likeness (QED) is 0.163. The van der Waals surface area contributed by atoms with Crippen LogP contribution in [-0.2, 0) is 28.5 Å². The first-order valence-corrected chi connectivity index (χ1v) is 12.8. The molecule has 1 aromatic heterocycles. The number of esters is 1. The van der Waals surface area contributed by atoms with Crippen molar-refractivity contribution in [1.82, 2.24) is 4.98 Å². The largest absolute Gasteiger partial charge is 0.483 e. The van der Waals surface area contributed by atoms with Gasteiger partial charge in [0.25, 0.3) is 0 Å². The molecule has 0 radical (unpaired) electrons. The molecule has 0 aromatic carbocycles. The Balaban J connectivity index is 1.56. The summed E-state index contributed by atoms with van der Waals surface area (Å²) < 4.78 is 23.4. The summed E-state index contributed by atoms with van der Waals surface area (Å²) in [5.41, 5.74) is -3.05. The van der Waals surface area contributed by atoms with Gasteiger partial charge >= 0.3 is 11.9 Å². The molecule has 2 aliphatic heterocycles. The van der Waals surface area contributed by atoms with E-state index in [0.717, 1.165) is 5.22 Å². The fourth-order valence-electron chi connectivity index (χ4n) is 6.82. The molecule has 6 N–H and O–H groups in total. The van der Waals surface area contributed by atoms with E-state index in [1.807, 2.05) is 6.07 Å². The standard InChI is InChI=1S/C27H33NO11/c1-3-14-17(10-22(31)32)15(23(33)36-2)4-5-20(14)38-26(13-30)25(35)8-6-18-16-7-9-28-19(16)12-37-27(18,24(25)34)21(11-29)39-26/h3-4,7,9,12,14,17,20-21,24,28-30,34-35H,1,5-6,8,10-11,13H2,2H3,(H,31,32). The van der Waals surface area contributed by atoms with Crippen LogP contribution in [0, 0.1) is 11.8 Å². The lowest BCUT2D eigenvalue weighted by Gasteiger charge is -2.63. The monoisotopic (exact) mass is 547 g/mol. The number of hydrogen-bond acceptors (Lipinski definition) is 10. The Hall–Kier alpha value is -3.00. The van der Waals surface area contributed by atoms with Gasteiger partial charge in [-0.25, -0.2) is 4.79 Å². The van der Waals surface area contributed by atoms with E-state index < -0.39 is 78.7 Å². The van der Waals surface area contributed by atoms with Gasteiger partial charge in [-0.3, -0.25) is 4.79 Å². The molecule has 2 fully saturated rings. The van der Waals surface area contributed by atoms with Crippen LogP contribution in [0.15, 0.2) is 36.6 Å². The lowest BCUT2D eigenvalue weighted by molar-refractivity contribution is -0.434. The highest BCUT2D eigenvalue weighted by atomic mass is 16.7. The molecule has 0 amide bonds. The van der Waals surface area contributed by atoms with Gasteiger partial charge in [0.1, 0.15) is 25.1 Å². The molecule has 8 atom stereocenters. The molecule has 5 rings (SSSR count). The van der Waals surface area contributed by atoms with Crippen LogP contribution in [0.5, 0.6) is 0 Å². The van der Waals surface area contributed by atoms with Crippen molar-refractivity contribution in [2.24, 2.45) is 11.8 Å². The van der Waals surface area contributed by atoms with Crippen molar-refractivity contribution in [3.63, 3.8) is 0 Å². The van der Waals surface area contributed by atoms with Crippen molar-refractivity contribution >= 4 is 23.8 Å². The van der Waals surface area contributed by atoms with Gasteiger partial charge < -0.3 is 49.5 Å². The van der Waals surface area contributed by atoms with Gasteiger partial charge in [-0.15, -0.1) is 6.58 Å². The van der Waals surface area contributed by atoms with E-state index in [1.54, 1.807) is 6.20 Å². The predicted octanol–water partition coefficient (Wildman–Crippen LogP) is -1.58. The number of carboxylic acid groups (broad SMARTS) is 1. The molecule has 8 unspecified atom stereocenters. The minimum absolute atomic E-state index is 0.0673. The zero-order valence-corrected chi connectivity index (χ0v) is 21.4. The normalized spacial score (nSPS) is 38.8. The van der Waals surface area contributed by atoms with Gasteiger partial charge in [0.05, 0.1) is 31.6 Å². The Labute approximate surface area is 223 Å². The molecule has 1 spiro atoms. The van der Waals surface area contributed by atoms with Crippen LogP contribution in [-0.4, -0.2) is 98.1 Å². The average molecular weight is 548 g/mol. The topological polar surface area (TPSA) is 188 Å². The maximum atomic E-state index is 12.4. The van der Waals surface area contributed by atoms with Crippen molar-refractivity contribution in [2.45, 2.75) is 61.0 Å². The van der Waals surface area contributed by atoms with Crippen molar-refractivity contribution in [1.29, 1.82) is 0 Å². The number of carbonyl (C=O) groups is 2. The average Bonchev–Trinajstić information content (AvgIpc) is 3.40. The van der Waals surface area contributed by atoms with Crippen molar-refractivity contribution in [3.05, 3.63) is 47.1 Å². The highest BCUT2D eigenvalue weighted by Gasteiger charge is 2.75. The number of aromatic nitrogens is 1. The first kappa shape index (κ1) is 27.6. The summed E-state index contributed by atoms with van der Waals surface area (Å²) in [5, 5.41) is 55.9. The van der Waals surface area contributed by atoms with E-state index in [9.17, 15) is 35.1 Å². The fraction of sp³-hybridized carbons (Fsp3) is 0.556. The summed E-state index contributed by atoms with van der Waals surface area (Å²) in [6, 6.07) is 1.81. The Bertz CT molecular complexity index is 1320. The van der Waals surface area contributed by atoms with Gasteiger partial charge in [0.2, 0.25) is 5.79 Å². The van der Waals surface area contributed by atoms with Crippen molar-refractivity contribution in [2.75, 3.05) is 20.3 Å². The number of aliphatic hydroxyl groups is 4. The fourth-order valence-corrected chi connectivity index (χ4v) is 6.82. The zero-order chi connectivity index (χ0) is 28.2. The van der Waals surface area contributed by atoms with Gasteiger partial charge in [-0.05, 0) is 30.9 Å². The number of ether oxygens (including phenoxy) is 4. The number of aliphatic carboxylic acids is 1.